The minimum atomic E-state index is 0.791. The Kier molecular flexibility index (Phi) is 2.91. The van der Waals surface area contributed by atoms with Gasteiger partial charge in [-0.1, -0.05) is 0 Å². The van der Waals surface area contributed by atoms with Crippen LogP contribution in [-0.2, 0) is 19.2 Å². The first-order chi connectivity index (χ1) is 7.20. The Labute approximate surface area is 101 Å². The number of nitrogens with two attached hydrogens (primary N) is 1. The molecule has 2 rings (SSSR count). The van der Waals surface area contributed by atoms with E-state index in [0.29, 0.717) is 0 Å². The van der Waals surface area contributed by atoms with E-state index < -0.39 is 0 Å². The standard InChI is InChI=1S/C13H12N.Pd/c1-10-5-2-3-8-13(10)11-6-4-7-12(14)9-11;/h2-8H,14H2,1H3;/q;+1. The number of rotatable bonds is 1. The van der Waals surface area contributed by atoms with Crippen molar-refractivity contribution in [2.75, 3.05) is 5.73 Å². The molecule has 1 nitrogen and oxygen atoms in total. The first-order valence-corrected chi connectivity index (χ1v) is 5.55. The molecule has 0 heterocycles. The summed E-state index contributed by atoms with van der Waals surface area (Å²) in [5, 5.41) is 0. The van der Waals surface area contributed by atoms with Gasteiger partial charge in [0.25, 0.3) is 0 Å². The van der Waals surface area contributed by atoms with Crippen molar-refractivity contribution in [1.29, 1.82) is 0 Å². The van der Waals surface area contributed by atoms with Crippen LogP contribution in [0.2, 0.25) is 0 Å². The van der Waals surface area contributed by atoms with Gasteiger partial charge in [-0.25, -0.2) is 0 Å². The summed E-state index contributed by atoms with van der Waals surface area (Å²) in [6.45, 7) is 2.11. The molecule has 2 aromatic carbocycles. The van der Waals surface area contributed by atoms with Gasteiger partial charge in [-0.05, 0) is 0 Å². The Morgan fingerprint density at radius 2 is 1.60 bits per heavy atom. The fraction of sp³-hybridized carbons (Fsp3) is 0.0769. The van der Waals surface area contributed by atoms with Crippen LogP contribution in [0.15, 0.2) is 42.5 Å². The molecule has 0 aliphatic heterocycles. The fourth-order valence-electron chi connectivity index (χ4n) is 1.61. The van der Waals surface area contributed by atoms with E-state index in [4.69, 9.17) is 5.73 Å². The molecule has 78 valence electrons. The molecule has 0 saturated carbocycles. The molecule has 0 atom stereocenters. The van der Waals surface area contributed by atoms with Crippen LogP contribution in [0.3, 0.4) is 0 Å². The first-order valence-electron chi connectivity index (χ1n) is 4.77. The van der Waals surface area contributed by atoms with Crippen LogP contribution in [0.25, 0.3) is 11.1 Å². The molecule has 2 heteroatoms. The average molecular weight is 289 g/mol. The van der Waals surface area contributed by atoms with Crippen molar-refractivity contribution in [3.8, 4) is 11.1 Å². The minimum absolute atomic E-state index is 0.791. The van der Waals surface area contributed by atoms with Crippen molar-refractivity contribution < 1.29 is 19.2 Å². The summed E-state index contributed by atoms with van der Waals surface area (Å²) in [6.07, 6.45) is 0. The summed E-state index contributed by atoms with van der Waals surface area (Å²) in [4.78, 5) is 0. The maximum atomic E-state index is 5.87. The predicted molar refractivity (Wildman–Crippen MR) is 60.7 cm³/mol. The third-order valence-electron chi connectivity index (χ3n) is 2.43. The van der Waals surface area contributed by atoms with Crippen LogP contribution >= 0.6 is 0 Å². The quantitative estimate of drug-likeness (QED) is 0.633. The topological polar surface area (TPSA) is 26.0 Å². The Morgan fingerprint density at radius 3 is 2.33 bits per heavy atom. The van der Waals surface area contributed by atoms with Crippen LogP contribution in [0.5, 0.6) is 0 Å². The van der Waals surface area contributed by atoms with E-state index in [1.54, 1.807) is 0 Å². The van der Waals surface area contributed by atoms with Crippen molar-refractivity contribution in [2.24, 2.45) is 0 Å². The third kappa shape index (κ3) is 1.97. The molecule has 0 aliphatic carbocycles. The van der Waals surface area contributed by atoms with E-state index in [1.165, 1.54) is 11.1 Å². The van der Waals surface area contributed by atoms with Gasteiger partial charge in [0.05, 0.1) is 0 Å². The van der Waals surface area contributed by atoms with Gasteiger partial charge < -0.3 is 0 Å². The fourth-order valence-corrected chi connectivity index (χ4v) is 2.08. The van der Waals surface area contributed by atoms with E-state index in [0.717, 1.165) is 15.3 Å². The van der Waals surface area contributed by atoms with E-state index in [1.807, 2.05) is 24.3 Å². The van der Waals surface area contributed by atoms with Crippen LogP contribution in [0.1, 0.15) is 5.56 Å². The molecule has 0 spiro atoms. The summed E-state index contributed by atoms with van der Waals surface area (Å²) < 4.78 is 1.01. The Bertz CT molecular complexity index is 492. The van der Waals surface area contributed by atoms with E-state index in [2.05, 4.69) is 44.3 Å². The van der Waals surface area contributed by atoms with Crippen LogP contribution < -0.4 is 9.77 Å². The number of aryl methyl sites for hydroxylation is 1. The summed E-state index contributed by atoms with van der Waals surface area (Å²) >= 11 is 3.23. The maximum absolute atomic E-state index is 5.87. The molecule has 0 bridgehead atoms. The van der Waals surface area contributed by atoms with Crippen molar-refractivity contribution in [3.63, 3.8) is 0 Å². The second-order valence-electron chi connectivity index (χ2n) is 3.49. The van der Waals surface area contributed by atoms with Gasteiger partial charge >= 0.3 is 101 Å². The molecule has 2 N–H and O–H groups in total. The zero-order valence-electron chi connectivity index (χ0n) is 8.44. The number of hydrogen-bond acceptors (Lipinski definition) is 1. The van der Waals surface area contributed by atoms with Gasteiger partial charge in [-0.2, -0.15) is 0 Å². The van der Waals surface area contributed by atoms with E-state index in [9.17, 15) is 0 Å². The third-order valence-corrected chi connectivity index (χ3v) is 3.30. The van der Waals surface area contributed by atoms with E-state index in [-0.39, 0.29) is 0 Å². The van der Waals surface area contributed by atoms with Gasteiger partial charge in [-0.3, -0.25) is 0 Å². The molecule has 0 fully saturated rings. The normalized spacial score (nSPS) is 10.3. The molecule has 2 aromatic rings. The molecule has 0 aromatic heterocycles. The van der Waals surface area contributed by atoms with E-state index >= 15 is 0 Å². The zero-order valence-corrected chi connectivity index (χ0v) is 9.99. The van der Waals surface area contributed by atoms with Gasteiger partial charge in [0.15, 0.2) is 0 Å². The first kappa shape index (κ1) is 10.4. The molecular formula is C13H12NPd+. The average Bonchev–Trinajstić information content (AvgIpc) is 2.23. The van der Waals surface area contributed by atoms with Crippen LogP contribution in [-0.4, -0.2) is 0 Å². The van der Waals surface area contributed by atoms with Crippen molar-refractivity contribution in [1.82, 2.24) is 0 Å². The SMILES string of the molecule is Cc1ccccc1-c1cccc(N)[c]1[Pd+]. The molecule has 0 amide bonds. The summed E-state index contributed by atoms with van der Waals surface area (Å²) in [5.74, 6) is 0. The Hall–Kier alpha value is -1.10. The van der Waals surface area contributed by atoms with Crippen molar-refractivity contribution in [3.05, 3.63) is 48.0 Å². The molecule has 0 unspecified atom stereocenters. The predicted octanol–water partition coefficient (Wildman–Crippen LogP) is 2.42. The van der Waals surface area contributed by atoms with Crippen LogP contribution in [0.4, 0.5) is 5.69 Å². The van der Waals surface area contributed by atoms with Crippen molar-refractivity contribution >= 4 is 9.72 Å². The number of anilines is 1. The summed E-state index contributed by atoms with van der Waals surface area (Å²) in [6, 6.07) is 14.3. The van der Waals surface area contributed by atoms with Gasteiger partial charge in [0.1, 0.15) is 0 Å². The molecule has 0 saturated heterocycles. The van der Waals surface area contributed by atoms with Crippen molar-refractivity contribution in [2.45, 2.75) is 6.92 Å². The Morgan fingerprint density at radius 1 is 0.933 bits per heavy atom. The monoisotopic (exact) mass is 288 g/mol. The summed E-state index contributed by atoms with van der Waals surface area (Å²) in [7, 11) is 0. The van der Waals surface area contributed by atoms with Gasteiger partial charge in [-0.15, -0.1) is 0 Å². The molecule has 15 heavy (non-hydrogen) atoms. The zero-order chi connectivity index (χ0) is 10.8. The van der Waals surface area contributed by atoms with Gasteiger partial charge in [0.2, 0.25) is 0 Å². The second-order valence-corrected chi connectivity index (χ2v) is 4.27. The molecular weight excluding hydrogens is 277 g/mol. The number of benzene rings is 2. The van der Waals surface area contributed by atoms with Crippen LogP contribution in [0, 0.1) is 6.92 Å². The summed E-state index contributed by atoms with van der Waals surface area (Å²) in [5.41, 5.74) is 10.3. The van der Waals surface area contributed by atoms with Gasteiger partial charge in [0, 0.05) is 0 Å². The number of hydrogen-bond donors (Lipinski definition) is 1. The Balaban J connectivity index is 2.65. The second kappa shape index (κ2) is 4.18. The number of nitrogen functional groups attached to an aromatic ring is 1. The molecule has 0 aliphatic rings. The molecule has 0 radical (unpaired) electrons.